The summed E-state index contributed by atoms with van der Waals surface area (Å²) < 4.78 is 11.4. The summed E-state index contributed by atoms with van der Waals surface area (Å²) in [6.45, 7) is 4.75. The van der Waals surface area contributed by atoms with Gasteiger partial charge in [0.15, 0.2) is 6.73 Å². The van der Waals surface area contributed by atoms with Gasteiger partial charge in [-0.2, -0.15) is 4.98 Å². The van der Waals surface area contributed by atoms with Gasteiger partial charge in [-0.1, -0.05) is 35.3 Å². The largest absolute Gasteiger partial charge is 0.496 e. The summed E-state index contributed by atoms with van der Waals surface area (Å²) in [6, 6.07) is 10.9. The number of methoxy groups -OCH3 is 1. The minimum atomic E-state index is -0.341. The van der Waals surface area contributed by atoms with Gasteiger partial charge in [-0.25, -0.2) is 4.98 Å². The van der Waals surface area contributed by atoms with Crippen molar-refractivity contribution in [2.75, 3.05) is 50.2 Å². The number of nitrogens with zero attached hydrogens (tertiary/aromatic N) is 4. The number of anilines is 3. The molecule has 35 heavy (non-hydrogen) atoms. The number of halogens is 2. The topological polar surface area (TPSA) is 91.8 Å². The molecule has 11 heteroatoms. The van der Waals surface area contributed by atoms with Crippen LogP contribution in [-0.4, -0.2) is 60.8 Å². The highest BCUT2D eigenvalue weighted by molar-refractivity contribution is 6.40. The number of piperazine rings is 1. The van der Waals surface area contributed by atoms with E-state index in [2.05, 4.69) is 25.5 Å². The Balaban J connectivity index is 1.32. The third-order valence-electron chi connectivity index (χ3n) is 5.91. The molecule has 1 fully saturated rings. The zero-order chi connectivity index (χ0) is 24.4. The van der Waals surface area contributed by atoms with Crippen LogP contribution in [0.3, 0.4) is 0 Å². The zero-order valence-electron chi connectivity index (χ0n) is 19.1. The molecule has 0 aliphatic carbocycles. The molecule has 0 unspecified atom stereocenters. The smallest absolute Gasteiger partial charge is 0.268 e. The molecule has 2 aliphatic rings. The van der Waals surface area contributed by atoms with Crippen molar-refractivity contribution < 1.29 is 14.3 Å². The normalized spacial score (nSPS) is 16.0. The molecule has 0 saturated carbocycles. The Kier molecular flexibility index (Phi) is 6.92. The predicted octanol–water partition coefficient (Wildman–Crippen LogP) is 3.94. The van der Waals surface area contributed by atoms with Crippen LogP contribution >= 0.6 is 23.2 Å². The van der Waals surface area contributed by atoms with Crippen LogP contribution in [0.15, 0.2) is 42.6 Å². The van der Waals surface area contributed by atoms with Crippen molar-refractivity contribution in [1.82, 2.24) is 20.2 Å². The Labute approximate surface area is 213 Å². The average Bonchev–Trinajstić information content (AvgIpc) is 2.87. The molecule has 182 valence electrons. The Hall–Kier alpha value is -3.11. The molecule has 3 aromatic rings. The fourth-order valence-electron chi connectivity index (χ4n) is 4.12. The van der Waals surface area contributed by atoms with Crippen LogP contribution in [0.4, 0.5) is 17.3 Å². The van der Waals surface area contributed by atoms with Crippen molar-refractivity contribution in [3.63, 3.8) is 0 Å². The van der Waals surface area contributed by atoms with Gasteiger partial charge in [-0.05, 0) is 18.2 Å². The molecule has 9 nitrogen and oxygen atoms in total. The number of fused-ring (bicyclic) bond motifs is 1. The number of nitrogens with one attached hydrogen (secondary N) is 2. The number of para-hydroxylation sites is 1. The molecular weight excluding hydrogens is 491 g/mol. The highest BCUT2D eigenvalue weighted by atomic mass is 35.5. The molecule has 0 spiro atoms. The predicted molar refractivity (Wildman–Crippen MR) is 135 cm³/mol. The van der Waals surface area contributed by atoms with Crippen molar-refractivity contribution in [1.29, 1.82) is 0 Å². The summed E-state index contributed by atoms with van der Waals surface area (Å²) in [5, 5.41) is 7.23. The van der Waals surface area contributed by atoms with E-state index in [0.29, 0.717) is 21.7 Å². The third kappa shape index (κ3) is 4.99. The number of amides is 1. The van der Waals surface area contributed by atoms with E-state index in [1.165, 1.54) is 11.1 Å². The van der Waals surface area contributed by atoms with E-state index in [1.54, 1.807) is 25.3 Å². The second kappa shape index (κ2) is 10.2. The summed E-state index contributed by atoms with van der Waals surface area (Å²) in [4.78, 5) is 25.5. The number of ether oxygens (including phenoxy) is 2. The van der Waals surface area contributed by atoms with Gasteiger partial charge in [0.2, 0.25) is 11.8 Å². The minimum absolute atomic E-state index is 0.0692. The molecule has 1 aromatic heterocycles. The summed E-state index contributed by atoms with van der Waals surface area (Å²) in [7, 11) is 1.66. The van der Waals surface area contributed by atoms with E-state index in [4.69, 9.17) is 32.7 Å². The van der Waals surface area contributed by atoms with Gasteiger partial charge in [0.05, 0.1) is 22.8 Å². The molecule has 5 rings (SSSR count). The summed E-state index contributed by atoms with van der Waals surface area (Å²) in [5.41, 5.74) is 2.49. The van der Waals surface area contributed by atoms with E-state index in [-0.39, 0.29) is 24.1 Å². The van der Waals surface area contributed by atoms with Gasteiger partial charge in [0.1, 0.15) is 11.3 Å². The Morgan fingerprint density at radius 3 is 2.69 bits per heavy atom. The Bertz CT molecular complexity index is 1230. The number of hydrogen-bond acceptors (Lipinski definition) is 8. The van der Waals surface area contributed by atoms with Gasteiger partial charge in [-0.3, -0.25) is 14.6 Å². The Morgan fingerprint density at radius 2 is 1.94 bits per heavy atom. The van der Waals surface area contributed by atoms with Crippen LogP contribution in [-0.2, 0) is 6.54 Å². The van der Waals surface area contributed by atoms with Crippen LogP contribution in [0.2, 0.25) is 10.0 Å². The van der Waals surface area contributed by atoms with Gasteiger partial charge in [0, 0.05) is 56.2 Å². The van der Waals surface area contributed by atoms with Crippen molar-refractivity contribution in [2.24, 2.45) is 0 Å². The molecular formula is C24H24Cl2N6O3. The van der Waals surface area contributed by atoms with E-state index in [9.17, 15) is 4.79 Å². The second-order valence-corrected chi connectivity index (χ2v) is 8.98. The lowest BCUT2D eigenvalue weighted by Crippen LogP contribution is -2.42. The zero-order valence-corrected chi connectivity index (χ0v) is 20.6. The number of rotatable bonds is 6. The first-order valence-corrected chi connectivity index (χ1v) is 11.9. The highest BCUT2D eigenvalue weighted by Crippen LogP contribution is 2.37. The molecule has 1 saturated heterocycles. The number of carbonyl (C=O) groups is 1. The summed E-state index contributed by atoms with van der Waals surface area (Å²) in [5.74, 6) is 0.934. The number of aromatic nitrogens is 2. The standard InChI is InChI=1S/C24H24Cl2N6O3/c1-34-20-11-16(6-5-15(20)13-31-9-7-27-8-10-31)29-24-28-12-17-22(30-24)35-14-32(23(17)33)21-18(25)3-2-4-19(21)26/h2-6,11-12,27H,7-10,13-14H2,1H3,(H,28,29,30). The van der Waals surface area contributed by atoms with Crippen molar-refractivity contribution in [3.05, 3.63) is 63.8 Å². The van der Waals surface area contributed by atoms with Gasteiger partial charge < -0.3 is 20.1 Å². The quantitative estimate of drug-likeness (QED) is 0.511. The van der Waals surface area contributed by atoms with E-state index < -0.39 is 0 Å². The molecule has 0 bridgehead atoms. The number of benzene rings is 2. The van der Waals surface area contributed by atoms with E-state index in [0.717, 1.165) is 49.7 Å². The molecule has 2 aliphatic heterocycles. The maximum atomic E-state index is 13.1. The maximum absolute atomic E-state index is 13.1. The summed E-state index contributed by atoms with van der Waals surface area (Å²) >= 11 is 12.5. The lowest BCUT2D eigenvalue weighted by Gasteiger charge is -2.29. The van der Waals surface area contributed by atoms with Crippen LogP contribution in [0, 0.1) is 0 Å². The molecule has 0 atom stereocenters. The van der Waals surface area contributed by atoms with Crippen LogP contribution in [0.5, 0.6) is 11.6 Å². The van der Waals surface area contributed by atoms with Crippen molar-refractivity contribution in [3.8, 4) is 11.6 Å². The molecule has 1 amide bonds. The molecule has 0 radical (unpaired) electrons. The first-order chi connectivity index (χ1) is 17.0. The van der Waals surface area contributed by atoms with Crippen molar-refractivity contribution >= 4 is 46.4 Å². The molecule has 2 N–H and O–H groups in total. The van der Waals surface area contributed by atoms with Crippen LogP contribution in [0.25, 0.3) is 0 Å². The number of carbonyl (C=O) groups excluding carboxylic acids is 1. The lowest BCUT2D eigenvalue weighted by molar-refractivity contribution is 0.0932. The monoisotopic (exact) mass is 514 g/mol. The third-order valence-corrected chi connectivity index (χ3v) is 6.52. The first-order valence-electron chi connectivity index (χ1n) is 11.2. The minimum Gasteiger partial charge on any atom is -0.496 e. The van der Waals surface area contributed by atoms with Crippen molar-refractivity contribution in [2.45, 2.75) is 6.54 Å². The van der Waals surface area contributed by atoms with Crippen LogP contribution < -0.4 is 25.0 Å². The second-order valence-electron chi connectivity index (χ2n) is 8.17. The van der Waals surface area contributed by atoms with Crippen LogP contribution in [0.1, 0.15) is 15.9 Å². The Morgan fingerprint density at radius 1 is 1.17 bits per heavy atom. The first kappa shape index (κ1) is 23.6. The lowest BCUT2D eigenvalue weighted by atomic mass is 10.1. The fraction of sp³-hybridized carbons (Fsp3) is 0.292. The SMILES string of the molecule is COc1cc(Nc2ncc3c(n2)OCN(c2c(Cl)cccc2Cl)C3=O)ccc1CN1CCNCC1. The average molecular weight is 515 g/mol. The van der Waals surface area contributed by atoms with E-state index >= 15 is 0 Å². The van der Waals surface area contributed by atoms with Gasteiger partial charge >= 0.3 is 0 Å². The van der Waals surface area contributed by atoms with Gasteiger partial charge in [-0.15, -0.1) is 0 Å². The molecule has 3 heterocycles. The van der Waals surface area contributed by atoms with Gasteiger partial charge in [0.25, 0.3) is 5.91 Å². The summed E-state index contributed by atoms with van der Waals surface area (Å²) in [6.07, 6.45) is 1.43. The fourth-order valence-corrected chi connectivity index (χ4v) is 4.72. The molecule has 2 aromatic carbocycles. The van der Waals surface area contributed by atoms with E-state index in [1.807, 2.05) is 18.2 Å². The number of hydrogen-bond donors (Lipinski definition) is 2. The highest BCUT2D eigenvalue weighted by Gasteiger charge is 2.31. The maximum Gasteiger partial charge on any atom is 0.268 e.